The van der Waals surface area contributed by atoms with E-state index in [-0.39, 0.29) is 14.8 Å². The van der Waals surface area contributed by atoms with Crippen molar-refractivity contribution < 1.29 is 16.1 Å². The third-order valence-electron chi connectivity index (χ3n) is 6.56. The normalized spacial score (nSPS) is 27.6. The number of hydrogen-bond acceptors (Lipinski definition) is 6. The summed E-state index contributed by atoms with van der Waals surface area (Å²) >= 11 is 0. The Balaban J connectivity index is 0.00000181. The van der Waals surface area contributed by atoms with Gasteiger partial charge in [-0.25, -0.2) is 8.42 Å². The predicted octanol–water partition coefficient (Wildman–Crippen LogP) is 0.952. The molecule has 9 heteroatoms. The lowest BCUT2D eigenvalue weighted by Gasteiger charge is -2.34. The molecule has 8 nitrogen and oxygen atoms in total. The molecule has 2 N–H and O–H groups in total. The molecule has 0 aromatic heterocycles. The van der Waals surface area contributed by atoms with Crippen LogP contribution in [-0.2, 0) is 21.2 Å². The maximum atomic E-state index is 12.6. The molecule has 166 valence electrons. The zero-order valence-electron chi connectivity index (χ0n) is 17.3. The molecular formula is C21H33N5O3S. The maximum Gasteiger partial charge on any atom is 0.238 e. The number of piperidine rings is 1. The van der Waals surface area contributed by atoms with Gasteiger partial charge in [-0.05, 0) is 42.9 Å². The fourth-order valence-electron chi connectivity index (χ4n) is 4.90. The highest BCUT2D eigenvalue weighted by Crippen LogP contribution is 2.35. The molecule has 2 aliphatic heterocycles. The Hall–Kier alpha value is -2.15. The van der Waals surface area contributed by atoms with E-state index in [4.69, 9.17) is 0 Å². The van der Waals surface area contributed by atoms with E-state index in [2.05, 4.69) is 21.6 Å². The summed E-state index contributed by atoms with van der Waals surface area (Å²) in [6.07, 6.45) is 5.01. The van der Waals surface area contributed by atoms with Crippen molar-refractivity contribution in [1.82, 2.24) is 14.9 Å². The maximum absolute atomic E-state index is 12.6. The molecule has 1 aromatic carbocycles. The van der Waals surface area contributed by atoms with E-state index in [1.807, 2.05) is 24.3 Å². The van der Waals surface area contributed by atoms with Crippen LogP contribution < -0.4 is 15.5 Å². The van der Waals surface area contributed by atoms with Crippen molar-refractivity contribution in [2.75, 3.05) is 37.3 Å². The van der Waals surface area contributed by atoms with Crippen LogP contribution in [-0.4, -0.2) is 69.2 Å². The van der Waals surface area contributed by atoms with Gasteiger partial charge in [-0.2, -0.15) is 9.57 Å². The Kier molecular flexibility index (Phi) is 6.00. The molecular weight excluding hydrogens is 402 g/mol. The number of nitrogens with zero attached hydrogens (tertiary/aromatic N) is 3. The summed E-state index contributed by atoms with van der Waals surface area (Å²) in [6, 6.07) is 9.91. The Morgan fingerprint density at radius 2 is 1.97 bits per heavy atom. The molecule has 2 saturated heterocycles. The molecule has 4 rings (SSSR count). The molecule has 1 aromatic rings. The van der Waals surface area contributed by atoms with Crippen LogP contribution in [0.4, 0.5) is 5.69 Å². The van der Waals surface area contributed by atoms with E-state index in [9.17, 15) is 18.5 Å². The highest BCUT2D eigenvalue weighted by molar-refractivity contribution is 7.88. The number of nitriles is 1. The first-order chi connectivity index (χ1) is 14.3. The molecule has 2 heterocycles. The fraction of sp³-hybridized carbons (Fsp3) is 0.619. The fourth-order valence-corrected chi connectivity index (χ4v) is 5.72. The quantitative estimate of drug-likeness (QED) is 0.689. The third kappa shape index (κ3) is 4.61. The summed E-state index contributed by atoms with van der Waals surface area (Å²) in [5.41, 5.74) is 2.02. The molecule has 0 spiro atoms. The second kappa shape index (κ2) is 8.53. The highest BCUT2D eigenvalue weighted by Gasteiger charge is 2.43. The number of carbonyl (C=O) groups excluding carboxylic acids is 1. The molecule has 1 unspecified atom stereocenters. The molecule has 3 fully saturated rings. The lowest BCUT2D eigenvalue weighted by molar-refractivity contribution is -0.124. The number of hydrogen-bond donors (Lipinski definition) is 2. The van der Waals surface area contributed by atoms with Gasteiger partial charge in [0, 0.05) is 47.2 Å². The van der Waals surface area contributed by atoms with Crippen LogP contribution in [0.15, 0.2) is 24.3 Å². The van der Waals surface area contributed by atoms with Crippen LogP contribution in [0, 0.1) is 17.2 Å². The Bertz CT molecular complexity index is 930. The molecule has 30 heavy (non-hydrogen) atoms. The number of sulfonamides is 1. The van der Waals surface area contributed by atoms with Crippen molar-refractivity contribution in [3.63, 3.8) is 0 Å². The lowest BCUT2D eigenvalue weighted by Crippen LogP contribution is -2.50. The zero-order chi connectivity index (χ0) is 21.3. The van der Waals surface area contributed by atoms with Gasteiger partial charge in [0.05, 0.1) is 18.4 Å². The number of rotatable bonds is 6. The van der Waals surface area contributed by atoms with Gasteiger partial charge in [0.1, 0.15) is 6.04 Å². The van der Waals surface area contributed by atoms with Gasteiger partial charge < -0.3 is 15.5 Å². The first kappa shape index (κ1) is 21.1. The summed E-state index contributed by atoms with van der Waals surface area (Å²) in [4.78, 5) is 14.7. The molecule has 1 aliphatic carbocycles. The van der Waals surface area contributed by atoms with Gasteiger partial charge in [-0.1, -0.05) is 12.1 Å². The van der Waals surface area contributed by atoms with E-state index < -0.39 is 16.1 Å². The molecule has 1 amide bonds. The third-order valence-corrected chi connectivity index (χ3v) is 7.87. The Morgan fingerprint density at radius 1 is 1.27 bits per heavy atom. The number of anilines is 1. The van der Waals surface area contributed by atoms with Gasteiger partial charge >= 0.3 is 0 Å². The molecule has 4 atom stereocenters. The van der Waals surface area contributed by atoms with E-state index >= 15 is 0 Å². The number of carbonyl (C=O) groups is 1. The minimum absolute atomic E-state index is 0. The number of benzene rings is 1. The van der Waals surface area contributed by atoms with Crippen LogP contribution in [0.5, 0.6) is 0 Å². The average Bonchev–Trinajstić information content (AvgIpc) is 3.37. The lowest BCUT2D eigenvalue weighted by atomic mass is 9.98. The van der Waals surface area contributed by atoms with E-state index in [0.717, 1.165) is 30.5 Å². The van der Waals surface area contributed by atoms with Gasteiger partial charge in [0.15, 0.2) is 0 Å². The van der Waals surface area contributed by atoms with Crippen molar-refractivity contribution in [2.24, 2.45) is 5.92 Å². The summed E-state index contributed by atoms with van der Waals surface area (Å²) in [5.74, 6) is 0.339. The first-order valence-corrected chi connectivity index (χ1v) is 12.4. The number of fused-ring (bicyclic) bond motifs is 2. The van der Waals surface area contributed by atoms with Crippen molar-refractivity contribution in [1.29, 1.82) is 5.26 Å². The molecule has 0 radical (unpaired) electrons. The van der Waals surface area contributed by atoms with E-state index in [1.165, 1.54) is 10.6 Å². The Morgan fingerprint density at radius 3 is 2.50 bits per heavy atom. The second-order valence-corrected chi connectivity index (χ2v) is 10.6. The smallest absolute Gasteiger partial charge is 0.238 e. The van der Waals surface area contributed by atoms with Crippen LogP contribution in [0.1, 0.15) is 27.7 Å². The van der Waals surface area contributed by atoms with Crippen molar-refractivity contribution in [3.8, 4) is 6.07 Å². The summed E-state index contributed by atoms with van der Waals surface area (Å²) < 4.78 is 24.8. The summed E-state index contributed by atoms with van der Waals surface area (Å²) in [6.45, 7) is 2.28. The highest BCUT2D eigenvalue weighted by atomic mass is 32.2. The molecule has 2 bridgehead atoms. The average molecular weight is 436 g/mol. The first-order valence-electron chi connectivity index (χ1n) is 10.6. The largest absolute Gasteiger partial charge is 0.369 e. The van der Waals surface area contributed by atoms with Crippen molar-refractivity contribution in [3.05, 3.63) is 29.8 Å². The number of amides is 1. The summed E-state index contributed by atoms with van der Waals surface area (Å²) in [7, 11) is -3.14. The van der Waals surface area contributed by atoms with Crippen molar-refractivity contribution in [2.45, 2.75) is 43.8 Å². The van der Waals surface area contributed by atoms with Gasteiger partial charge in [-0.3, -0.25) is 4.79 Å². The minimum Gasteiger partial charge on any atom is -0.369 e. The monoisotopic (exact) mass is 435 g/mol. The molecule has 3 aliphatic rings. The van der Waals surface area contributed by atoms with E-state index in [0.29, 0.717) is 44.6 Å². The van der Waals surface area contributed by atoms with Gasteiger partial charge in [0.25, 0.3) is 0 Å². The Labute approximate surface area is 181 Å². The number of nitrogens with one attached hydrogen (secondary N) is 2. The minimum atomic E-state index is -3.14. The van der Waals surface area contributed by atoms with Gasteiger partial charge in [-0.15, -0.1) is 0 Å². The van der Waals surface area contributed by atoms with Crippen LogP contribution in [0.2, 0.25) is 0 Å². The van der Waals surface area contributed by atoms with Crippen LogP contribution >= 0.6 is 0 Å². The number of piperazine rings is 1. The van der Waals surface area contributed by atoms with Crippen molar-refractivity contribution >= 4 is 21.6 Å². The van der Waals surface area contributed by atoms with E-state index in [1.54, 1.807) is 0 Å². The van der Waals surface area contributed by atoms with Crippen LogP contribution in [0.25, 0.3) is 0 Å². The predicted molar refractivity (Wildman–Crippen MR) is 119 cm³/mol. The topological polar surface area (TPSA) is 106 Å². The second-order valence-electron chi connectivity index (χ2n) is 8.62. The SMILES string of the molecule is CS(=O)(=O)N1CCN(c2ccc(C[C@@H](C#N)NC(=O)[C@H]3N[C@@H]4CCC3C4)cc2)CC1.[HH].[HH]. The zero-order valence-corrected chi connectivity index (χ0v) is 18.1. The molecule has 1 saturated carbocycles. The standard InChI is InChI=1S/C21H29N5O3S.2H2/c1-30(28,29)26-10-8-25(9-11-26)19-6-2-15(3-7-19)12-18(14-22)24-21(27)20-16-4-5-17(13-16)23-20;;/h2-3,6-7,16-18,20,23H,4-5,8-13H2,1H3,(H,24,27);2*1H/t16?,17-,18+,20+;;/m1../s1. The summed E-state index contributed by atoms with van der Waals surface area (Å²) in [5, 5.41) is 15.8. The van der Waals surface area contributed by atoms with Crippen LogP contribution in [0.3, 0.4) is 0 Å². The van der Waals surface area contributed by atoms with Gasteiger partial charge in [0.2, 0.25) is 15.9 Å².